The highest BCUT2D eigenvalue weighted by atomic mass is 15.1. The fourth-order valence-electron chi connectivity index (χ4n) is 7.66. The summed E-state index contributed by atoms with van der Waals surface area (Å²) in [6.45, 7) is 4.33. The average molecular weight is 630 g/mol. The third-order valence-corrected chi connectivity index (χ3v) is 9.81. The van der Waals surface area contributed by atoms with E-state index < -0.39 is 0 Å². The molecule has 0 saturated heterocycles. The number of imidazole rings is 1. The maximum absolute atomic E-state index is 5.54. The van der Waals surface area contributed by atoms with Crippen LogP contribution in [0, 0.1) is 13.8 Å². The summed E-state index contributed by atoms with van der Waals surface area (Å²) in [6, 6.07) is 49.7. The minimum Gasteiger partial charge on any atom is -0.354 e. The standard InChI is InChI=1S/C44H31N5/c1-27-18-21-37-34(23-27)35-24-28(2)25-36(42(35)46-37)44-47-43-31(14-10-16-39(43)48(44)30-11-4-3-5-12-30)29-19-20-33-32-13-6-7-15-38(32)49(40(33)26-29)41-17-8-9-22-45-41/h3-26,46H,1-2H3. The van der Waals surface area contributed by atoms with Gasteiger partial charge in [-0.05, 0) is 91.7 Å². The molecule has 1 N–H and O–H groups in total. The van der Waals surface area contributed by atoms with Crippen LogP contribution in [0.15, 0.2) is 146 Å². The van der Waals surface area contributed by atoms with Crippen LogP contribution in [0.25, 0.3) is 88.7 Å². The SMILES string of the molecule is Cc1ccc2[nH]c3c(-c4nc5c(-c6ccc7c8ccccc8n(-c8ccccn8)c7c6)cccc5n4-c4ccccc4)cc(C)cc3c2c1. The number of benzene rings is 6. The van der Waals surface area contributed by atoms with Crippen molar-refractivity contribution in [2.45, 2.75) is 13.8 Å². The smallest absolute Gasteiger partial charge is 0.147 e. The number of rotatable bonds is 4. The number of nitrogens with zero attached hydrogens (tertiary/aromatic N) is 4. The van der Waals surface area contributed by atoms with Crippen LogP contribution in [0.4, 0.5) is 0 Å². The van der Waals surface area contributed by atoms with Gasteiger partial charge >= 0.3 is 0 Å². The topological polar surface area (TPSA) is 51.4 Å². The van der Waals surface area contributed by atoms with Crippen LogP contribution in [0.1, 0.15) is 11.1 Å². The van der Waals surface area contributed by atoms with Gasteiger partial charge in [-0.1, -0.05) is 78.4 Å². The Morgan fingerprint density at radius 3 is 2.20 bits per heavy atom. The molecule has 10 aromatic rings. The summed E-state index contributed by atoms with van der Waals surface area (Å²) >= 11 is 0. The van der Waals surface area contributed by atoms with E-state index in [9.17, 15) is 0 Å². The Labute approximate surface area is 282 Å². The number of H-pyrrole nitrogens is 1. The molecular weight excluding hydrogens is 599 g/mol. The highest BCUT2D eigenvalue weighted by Gasteiger charge is 2.22. The lowest BCUT2D eigenvalue weighted by molar-refractivity contribution is 1.08. The summed E-state index contributed by atoms with van der Waals surface area (Å²) in [6.07, 6.45) is 1.86. The van der Waals surface area contributed by atoms with Crippen LogP contribution < -0.4 is 0 Å². The van der Waals surface area contributed by atoms with Gasteiger partial charge in [-0.2, -0.15) is 0 Å². The molecule has 0 amide bonds. The summed E-state index contributed by atoms with van der Waals surface area (Å²) < 4.78 is 4.58. The Morgan fingerprint density at radius 2 is 1.33 bits per heavy atom. The van der Waals surface area contributed by atoms with E-state index in [0.29, 0.717) is 0 Å². The number of aromatic amines is 1. The van der Waals surface area contributed by atoms with Crippen molar-refractivity contribution in [2.75, 3.05) is 0 Å². The van der Waals surface area contributed by atoms with Gasteiger partial charge in [0.05, 0.1) is 27.6 Å². The van der Waals surface area contributed by atoms with Gasteiger partial charge in [0.25, 0.3) is 0 Å². The van der Waals surface area contributed by atoms with Crippen molar-refractivity contribution in [2.24, 2.45) is 0 Å². The predicted molar refractivity (Wildman–Crippen MR) is 203 cm³/mol. The van der Waals surface area contributed by atoms with E-state index in [1.807, 2.05) is 18.3 Å². The van der Waals surface area contributed by atoms with E-state index in [1.54, 1.807) is 0 Å². The van der Waals surface area contributed by atoms with Crippen molar-refractivity contribution in [1.29, 1.82) is 0 Å². The molecule has 10 rings (SSSR count). The fourth-order valence-corrected chi connectivity index (χ4v) is 7.66. The molecule has 4 heterocycles. The Hall–Kier alpha value is -6.46. The van der Waals surface area contributed by atoms with Crippen molar-refractivity contribution in [1.82, 2.24) is 24.1 Å². The van der Waals surface area contributed by atoms with Crippen molar-refractivity contribution >= 4 is 54.6 Å². The highest BCUT2D eigenvalue weighted by molar-refractivity contribution is 6.13. The predicted octanol–water partition coefficient (Wildman–Crippen LogP) is 11.1. The van der Waals surface area contributed by atoms with Gasteiger partial charge in [0.15, 0.2) is 0 Å². The molecule has 5 nitrogen and oxygen atoms in total. The van der Waals surface area contributed by atoms with Gasteiger partial charge in [-0.25, -0.2) is 9.97 Å². The third-order valence-electron chi connectivity index (χ3n) is 9.81. The van der Waals surface area contributed by atoms with Crippen molar-refractivity contribution in [3.63, 3.8) is 0 Å². The van der Waals surface area contributed by atoms with E-state index in [-0.39, 0.29) is 0 Å². The second kappa shape index (κ2) is 10.5. The van der Waals surface area contributed by atoms with Crippen LogP contribution in [0.2, 0.25) is 0 Å². The summed E-state index contributed by atoms with van der Waals surface area (Å²) in [5.41, 5.74) is 13.3. The lowest BCUT2D eigenvalue weighted by atomic mass is 10.0. The van der Waals surface area contributed by atoms with Gasteiger partial charge in [-0.15, -0.1) is 0 Å². The van der Waals surface area contributed by atoms with Crippen LogP contribution in [-0.2, 0) is 0 Å². The molecule has 4 aromatic heterocycles. The van der Waals surface area contributed by atoms with Gasteiger partial charge in [0.1, 0.15) is 11.6 Å². The molecule has 6 aromatic carbocycles. The quantitative estimate of drug-likeness (QED) is 0.211. The second-order valence-corrected chi connectivity index (χ2v) is 13.0. The first-order valence-electron chi connectivity index (χ1n) is 16.7. The Balaban J connectivity index is 1.27. The van der Waals surface area contributed by atoms with Gasteiger partial charge in [0, 0.05) is 50.1 Å². The molecular formula is C44H31N5. The van der Waals surface area contributed by atoms with Crippen molar-refractivity contribution in [3.8, 4) is 34.0 Å². The van der Waals surface area contributed by atoms with Crippen LogP contribution in [0.3, 0.4) is 0 Å². The highest BCUT2D eigenvalue weighted by Crippen LogP contribution is 2.40. The van der Waals surface area contributed by atoms with Crippen molar-refractivity contribution < 1.29 is 0 Å². The Morgan fingerprint density at radius 1 is 0.531 bits per heavy atom. The molecule has 0 fully saturated rings. The van der Waals surface area contributed by atoms with E-state index in [2.05, 4.69) is 155 Å². The van der Waals surface area contributed by atoms with Gasteiger partial charge < -0.3 is 4.98 Å². The zero-order valence-electron chi connectivity index (χ0n) is 27.1. The van der Waals surface area contributed by atoms with E-state index in [4.69, 9.17) is 9.97 Å². The summed E-state index contributed by atoms with van der Waals surface area (Å²) in [4.78, 5) is 14.1. The largest absolute Gasteiger partial charge is 0.354 e. The van der Waals surface area contributed by atoms with Crippen LogP contribution >= 0.6 is 0 Å². The van der Waals surface area contributed by atoms with Crippen LogP contribution in [0.5, 0.6) is 0 Å². The molecule has 0 atom stereocenters. The summed E-state index contributed by atoms with van der Waals surface area (Å²) in [5.74, 6) is 1.81. The molecule has 5 heteroatoms. The van der Waals surface area contributed by atoms with Crippen LogP contribution in [-0.4, -0.2) is 24.1 Å². The van der Waals surface area contributed by atoms with Gasteiger partial charge in [0.2, 0.25) is 0 Å². The molecule has 0 radical (unpaired) electrons. The normalized spacial score (nSPS) is 11.9. The third kappa shape index (κ3) is 4.19. The number of hydrogen-bond acceptors (Lipinski definition) is 2. The fraction of sp³-hybridized carbons (Fsp3) is 0.0455. The zero-order valence-corrected chi connectivity index (χ0v) is 27.1. The van der Waals surface area contributed by atoms with Crippen molar-refractivity contribution in [3.05, 3.63) is 157 Å². The Kier molecular flexibility index (Phi) is 5.94. The lowest BCUT2D eigenvalue weighted by Gasteiger charge is -2.11. The van der Waals surface area contributed by atoms with E-state index in [1.165, 1.54) is 32.7 Å². The number of fused-ring (bicyclic) bond motifs is 7. The zero-order chi connectivity index (χ0) is 32.6. The molecule has 0 saturated carbocycles. The maximum atomic E-state index is 5.54. The molecule has 0 bridgehead atoms. The number of pyridine rings is 1. The summed E-state index contributed by atoms with van der Waals surface area (Å²) in [5, 5.41) is 4.86. The molecule has 0 spiro atoms. The molecule has 0 aliphatic carbocycles. The molecule has 0 unspecified atom stereocenters. The summed E-state index contributed by atoms with van der Waals surface area (Å²) in [7, 11) is 0. The minimum absolute atomic E-state index is 0.900. The molecule has 232 valence electrons. The van der Waals surface area contributed by atoms with Gasteiger partial charge in [-0.3, -0.25) is 9.13 Å². The first-order valence-corrected chi connectivity index (χ1v) is 16.7. The number of aryl methyl sites for hydroxylation is 2. The molecule has 49 heavy (non-hydrogen) atoms. The number of hydrogen-bond donors (Lipinski definition) is 1. The minimum atomic E-state index is 0.900. The maximum Gasteiger partial charge on any atom is 0.147 e. The number of aromatic nitrogens is 5. The number of para-hydroxylation sites is 3. The average Bonchev–Trinajstić information content (AvgIpc) is 3.81. The first kappa shape index (κ1) is 27.6. The second-order valence-electron chi connectivity index (χ2n) is 13.0. The first-order chi connectivity index (χ1) is 24.1. The monoisotopic (exact) mass is 629 g/mol. The van der Waals surface area contributed by atoms with E-state index in [0.717, 1.165) is 67.1 Å². The lowest BCUT2D eigenvalue weighted by Crippen LogP contribution is -1.98. The number of nitrogens with one attached hydrogen (secondary N) is 1. The van der Waals surface area contributed by atoms with E-state index >= 15 is 0 Å². The molecule has 0 aliphatic rings. The Bertz CT molecular complexity index is 2890. The molecule has 0 aliphatic heterocycles.